The highest BCUT2D eigenvalue weighted by Gasteiger charge is 2.52. The van der Waals surface area contributed by atoms with E-state index in [0.717, 1.165) is 30.4 Å². The zero-order valence-corrected chi connectivity index (χ0v) is 19.2. The molecule has 8 nitrogen and oxygen atoms in total. The smallest absolute Gasteiger partial charge is 0.411 e. The first kappa shape index (κ1) is 21.7. The van der Waals surface area contributed by atoms with Gasteiger partial charge in [0.15, 0.2) is 0 Å². The van der Waals surface area contributed by atoms with Crippen molar-refractivity contribution in [3.63, 3.8) is 0 Å². The molecule has 0 radical (unpaired) electrons. The van der Waals surface area contributed by atoms with Gasteiger partial charge in [-0.25, -0.2) is 4.79 Å². The molecule has 4 aliphatic rings. The summed E-state index contributed by atoms with van der Waals surface area (Å²) in [5.41, 5.74) is 1.15. The van der Waals surface area contributed by atoms with E-state index in [-0.39, 0.29) is 30.4 Å². The van der Waals surface area contributed by atoms with Crippen LogP contribution in [0.1, 0.15) is 74.4 Å². The van der Waals surface area contributed by atoms with Crippen LogP contribution in [0.5, 0.6) is 0 Å². The van der Waals surface area contributed by atoms with Gasteiger partial charge in [0, 0.05) is 24.6 Å². The number of carbonyl (C=O) groups is 4. The van der Waals surface area contributed by atoms with Crippen molar-refractivity contribution in [2.24, 2.45) is 0 Å². The SMILES string of the molecule is CC(C)(C)OC(=O)N1C2CC=CC1(c1ccc3c(c1)CN(C1CCC(=O)NC1=O)C3=O)CC2. The van der Waals surface area contributed by atoms with Crippen LogP contribution < -0.4 is 5.32 Å². The molecule has 8 heteroatoms. The van der Waals surface area contributed by atoms with Gasteiger partial charge < -0.3 is 9.64 Å². The Morgan fingerprint density at radius 3 is 2.70 bits per heavy atom. The van der Waals surface area contributed by atoms with Crippen molar-refractivity contribution in [1.82, 2.24) is 15.1 Å². The average Bonchev–Trinajstić information content (AvgIpc) is 3.18. The number of rotatable bonds is 2. The number of fused-ring (bicyclic) bond motifs is 3. The summed E-state index contributed by atoms with van der Waals surface area (Å²) < 4.78 is 5.75. The fourth-order valence-electron chi connectivity index (χ4n) is 5.62. The topological polar surface area (TPSA) is 96.0 Å². The van der Waals surface area contributed by atoms with Crippen LogP contribution in [0.25, 0.3) is 0 Å². The number of piperidine rings is 1. The Balaban J connectivity index is 1.46. The number of nitrogens with one attached hydrogen (secondary N) is 1. The van der Waals surface area contributed by atoms with E-state index in [2.05, 4.69) is 17.5 Å². The van der Waals surface area contributed by atoms with E-state index in [1.807, 2.05) is 37.8 Å². The second kappa shape index (κ2) is 7.43. The maximum atomic E-state index is 13.2. The van der Waals surface area contributed by atoms with Crippen LogP contribution in [0.15, 0.2) is 30.4 Å². The zero-order valence-electron chi connectivity index (χ0n) is 19.2. The molecule has 33 heavy (non-hydrogen) atoms. The minimum Gasteiger partial charge on any atom is -0.444 e. The largest absolute Gasteiger partial charge is 0.444 e. The molecular weight excluding hydrogens is 422 g/mol. The maximum Gasteiger partial charge on any atom is 0.411 e. The second-order valence-corrected chi connectivity index (χ2v) is 10.4. The standard InChI is InChI=1S/C25H29N3O5/c1-24(2,3)33-23(32)28-17-5-4-11-25(28,12-10-17)16-6-7-18-15(13-16)14-27(22(18)31)19-8-9-20(29)26-21(19)30/h4,6-7,11,13,17,19H,5,8-10,12,14H2,1-3H3,(H,26,29,30). The van der Waals surface area contributed by atoms with Gasteiger partial charge in [-0.15, -0.1) is 0 Å². The van der Waals surface area contributed by atoms with Gasteiger partial charge in [0.2, 0.25) is 11.8 Å². The normalized spacial score (nSPS) is 28.8. The van der Waals surface area contributed by atoms with E-state index in [9.17, 15) is 19.2 Å². The molecule has 4 amide bonds. The number of amides is 4. The molecule has 2 fully saturated rings. The Hall–Kier alpha value is -3.16. The molecule has 174 valence electrons. The van der Waals surface area contributed by atoms with Crippen molar-refractivity contribution in [2.75, 3.05) is 0 Å². The number of hydrogen-bond donors (Lipinski definition) is 1. The van der Waals surface area contributed by atoms with Gasteiger partial charge in [0.25, 0.3) is 5.91 Å². The van der Waals surface area contributed by atoms with Crippen molar-refractivity contribution in [3.8, 4) is 0 Å². The summed E-state index contributed by atoms with van der Waals surface area (Å²) in [6.45, 7) is 5.90. The number of carbonyl (C=O) groups excluding carboxylic acids is 4. The number of hydrogen-bond acceptors (Lipinski definition) is 5. The molecule has 3 unspecified atom stereocenters. The van der Waals surface area contributed by atoms with Crippen molar-refractivity contribution >= 4 is 23.8 Å². The fourth-order valence-corrected chi connectivity index (χ4v) is 5.62. The van der Waals surface area contributed by atoms with E-state index in [4.69, 9.17) is 4.74 Å². The minimum absolute atomic E-state index is 0.0831. The molecule has 4 heterocycles. The Kier molecular flexibility index (Phi) is 4.88. The monoisotopic (exact) mass is 451 g/mol. The Morgan fingerprint density at radius 2 is 1.97 bits per heavy atom. The summed E-state index contributed by atoms with van der Waals surface area (Å²) in [5.74, 6) is -0.920. The van der Waals surface area contributed by atoms with E-state index in [0.29, 0.717) is 18.5 Å². The third kappa shape index (κ3) is 3.52. The minimum atomic E-state index is -0.645. The second-order valence-electron chi connectivity index (χ2n) is 10.4. The highest BCUT2D eigenvalue weighted by molar-refractivity contribution is 6.05. The highest BCUT2D eigenvalue weighted by atomic mass is 16.6. The van der Waals surface area contributed by atoms with Gasteiger partial charge >= 0.3 is 6.09 Å². The first-order valence-electron chi connectivity index (χ1n) is 11.6. The Labute approximate surface area is 192 Å². The molecule has 0 spiro atoms. The van der Waals surface area contributed by atoms with Gasteiger partial charge in [-0.3, -0.25) is 24.6 Å². The maximum absolute atomic E-state index is 13.2. The predicted molar refractivity (Wildman–Crippen MR) is 119 cm³/mol. The number of nitrogens with zero attached hydrogens (tertiary/aromatic N) is 2. The third-order valence-corrected chi connectivity index (χ3v) is 7.07. The number of ether oxygens (including phenoxy) is 1. The molecule has 2 saturated heterocycles. The van der Waals surface area contributed by atoms with Crippen LogP contribution in [0.3, 0.4) is 0 Å². The summed E-state index contributed by atoms with van der Waals surface area (Å²) in [5, 5.41) is 2.34. The van der Waals surface area contributed by atoms with Crippen LogP contribution in [0.2, 0.25) is 0 Å². The molecule has 0 aliphatic carbocycles. The van der Waals surface area contributed by atoms with Crippen LogP contribution in [0.4, 0.5) is 4.79 Å². The van der Waals surface area contributed by atoms with Gasteiger partial charge in [-0.1, -0.05) is 24.3 Å². The quantitative estimate of drug-likeness (QED) is 0.551. The van der Waals surface area contributed by atoms with Crippen LogP contribution in [-0.2, 0) is 26.4 Å². The molecule has 1 aromatic carbocycles. The summed E-state index contributed by atoms with van der Waals surface area (Å²) in [6.07, 6.45) is 6.93. The third-order valence-electron chi connectivity index (χ3n) is 7.07. The van der Waals surface area contributed by atoms with Crippen molar-refractivity contribution in [2.45, 2.75) is 82.6 Å². The fraction of sp³-hybridized carbons (Fsp3) is 0.520. The lowest BCUT2D eigenvalue weighted by Crippen LogP contribution is -2.52. The Bertz CT molecular complexity index is 1090. The molecular formula is C25H29N3O5. The lowest BCUT2D eigenvalue weighted by Gasteiger charge is -2.42. The van der Waals surface area contributed by atoms with Gasteiger partial charge in [0.1, 0.15) is 11.6 Å². The van der Waals surface area contributed by atoms with Gasteiger partial charge in [-0.2, -0.15) is 0 Å². The lowest BCUT2D eigenvalue weighted by atomic mass is 9.84. The summed E-state index contributed by atoms with van der Waals surface area (Å²) in [4.78, 5) is 53.5. The molecule has 5 rings (SSSR count). The summed E-state index contributed by atoms with van der Waals surface area (Å²) in [7, 11) is 0. The molecule has 0 saturated carbocycles. The van der Waals surface area contributed by atoms with Crippen LogP contribution >= 0.6 is 0 Å². The lowest BCUT2D eigenvalue weighted by molar-refractivity contribution is -0.136. The average molecular weight is 452 g/mol. The van der Waals surface area contributed by atoms with Crippen molar-refractivity contribution < 1.29 is 23.9 Å². The van der Waals surface area contributed by atoms with Crippen molar-refractivity contribution in [3.05, 3.63) is 47.0 Å². The molecule has 0 aromatic heterocycles. The zero-order chi connectivity index (χ0) is 23.5. The van der Waals surface area contributed by atoms with E-state index < -0.39 is 23.1 Å². The molecule has 3 atom stereocenters. The molecule has 2 bridgehead atoms. The molecule has 1 aromatic rings. The predicted octanol–water partition coefficient (Wildman–Crippen LogP) is 3.00. The highest BCUT2D eigenvalue weighted by Crippen LogP contribution is 2.48. The molecule has 4 aliphatic heterocycles. The summed E-state index contributed by atoms with van der Waals surface area (Å²) >= 11 is 0. The number of imide groups is 1. The van der Waals surface area contributed by atoms with Crippen molar-refractivity contribution in [1.29, 1.82) is 0 Å². The van der Waals surface area contributed by atoms with E-state index in [1.165, 1.54) is 0 Å². The first-order chi connectivity index (χ1) is 15.6. The Morgan fingerprint density at radius 1 is 1.18 bits per heavy atom. The number of benzene rings is 1. The van der Waals surface area contributed by atoms with Gasteiger partial charge in [0.05, 0.1) is 5.54 Å². The van der Waals surface area contributed by atoms with Gasteiger partial charge in [-0.05, 0) is 63.6 Å². The van der Waals surface area contributed by atoms with E-state index >= 15 is 0 Å². The van der Waals surface area contributed by atoms with Crippen LogP contribution in [0, 0.1) is 0 Å². The molecule has 1 N–H and O–H groups in total. The van der Waals surface area contributed by atoms with E-state index in [1.54, 1.807) is 11.0 Å². The summed E-state index contributed by atoms with van der Waals surface area (Å²) in [6, 6.07) is 5.15. The first-order valence-corrected chi connectivity index (χ1v) is 11.6. The van der Waals surface area contributed by atoms with Crippen LogP contribution in [-0.4, -0.2) is 51.3 Å².